The molecule has 0 radical (unpaired) electrons. The molecule has 2 amide bonds. The maximum absolute atomic E-state index is 13.3. The molecule has 0 heterocycles. The molecule has 0 bridgehead atoms. The van der Waals surface area contributed by atoms with Gasteiger partial charge in [0, 0.05) is 29.7 Å². The number of nitrogens with one attached hydrogen (secondary N) is 1. The summed E-state index contributed by atoms with van der Waals surface area (Å²) in [7, 11) is -2.58. The number of sulfonamides is 1. The molecular formula is C24H29Cl2N3O4S. The maximum atomic E-state index is 13.3. The standard InChI is InChI=1S/C24H29Cl2N3O4S/c1-17(24(31)27-21-5-3-4-6-21)29(15-18-7-9-19(25)10-8-18)23(30)16-28(2)34(32,33)22-13-11-20(26)12-14-22/h7-14,17,21H,3-6,15-16H2,1-2H3,(H,27,31)/t17-/m1/s1. The molecule has 3 rings (SSSR count). The molecule has 1 fully saturated rings. The quantitative estimate of drug-likeness (QED) is 0.534. The summed E-state index contributed by atoms with van der Waals surface area (Å²) in [5.41, 5.74) is 0.779. The van der Waals surface area contributed by atoms with Gasteiger partial charge in [0.25, 0.3) is 0 Å². The summed E-state index contributed by atoms with van der Waals surface area (Å²) in [5.74, 6) is -0.735. The number of amides is 2. The summed E-state index contributed by atoms with van der Waals surface area (Å²) in [5, 5.41) is 3.99. The van der Waals surface area contributed by atoms with Crippen molar-refractivity contribution in [3.63, 3.8) is 0 Å². The SMILES string of the molecule is C[C@H](C(=O)NC1CCCC1)N(Cc1ccc(Cl)cc1)C(=O)CN(C)S(=O)(=O)c1ccc(Cl)cc1. The van der Waals surface area contributed by atoms with E-state index in [-0.39, 0.29) is 23.4 Å². The van der Waals surface area contributed by atoms with Crippen molar-refractivity contribution in [2.75, 3.05) is 13.6 Å². The van der Waals surface area contributed by atoms with Crippen molar-refractivity contribution in [3.05, 3.63) is 64.1 Å². The van der Waals surface area contributed by atoms with E-state index in [1.165, 1.54) is 36.2 Å². The number of halogens is 2. The highest BCUT2D eigenvalue weighted by Crippen LogP contribution is 2.20. The summed E-state index contributed by atoms with van der Waals surface area (Å²) >= 11 is 11.8. The van der Waals surface area contributed by atoms with E-state index in [0.717, 1.165) is 35.6 Å². The Morgan fingerprint density at radius 1 is 1.00 bits per heavy atom. The first-order valence-corrected chi connectivity index (χ1v) is 13.3. The molecule has 0 saturated heterocycles. The Hall–Kier alpha value is -2.13. The molecular weight excluding hydrogens is 497 g/mol. The molecule has 184 valence electrons. The lowest BCUT2D eigenvalue weighted by molar-refractivity contribution is -0.140. The van der Waals surface area contributed by atoms with Crippen molar-refractivity contribution in [1.82, 2.24) is 14.5 Å². The van der Waals surface area contributed by atoms with Crippen molar-refractivity contribution in [2.45, 2.75) is 56.1 Å². The van der Waals surface area contributed by atoms with Crippen LogP contribution in [0.25, 0.3) is 0 Å². The van der Waals surface area contributed by atoms with Gasteiger partial charge in [-0.2, -0.15) is 4.31 Å². The molecule has 1 aliphatic carbocycles. The number of hydrogen-bond donors (Lipinski definition) is 1. The topological polar surface area (TPSA) is 86.8 Å². The van der Waals surface area contributed by atoms with Gasteiger partial charge in [-0.05, 0) is 61.7 Å². The van der Waals surface area contributed by atoms with Crippen LogP contribution in [0.15, 0.2) is 53.4 Å². The Labute approximate surface area is 211 Å². The van der Waals surface area contributed by atoms with E-state index in [2.05, 4.69) is 5.32 Å². The first-order valence-electron chi connectivity index (χ1n) is 11.1. The zero-order valence-electron chi connectivity index (χ0n) is 19.2. The molecule has 2 aromatic carbocycles. The fourth-order valence-corrected chi connectivity index (χ4v) is 5.29. The lowest BCUT2D eigenvalue weighted by Crippen LogP contribution is -2.52. The van der Waals surface area contributed by atoms with Crippen LogP contribution in [0.2, 0.25) is 10.0 Å². The monoisotopic (exact) mass is 525 g/mol. The van der Waals surface area contributed by atoms with Gasteiger partial charge >= 0.3 is 0 Å². The van der Waals surface area contributed by atoms with E-state index in [0.29, 0.717) is 10.0 Å². The highest BCUT2D eigenvalue weighted by Gasteiger charge is 2.31. The van der Waals surface area contributed by atoms with Crippen molar-refractivity contribution in [3.8, 4) is 0 Å². The predicted molar refractivity (Wildman–Crippen MR) is 133 cm³/mol. The van der Waals surface area contributed by atoms with Gasteiger partial charge in [0.05, 0.1) is 11.4 Å². The molecule has 0 aliphatic heterocycles. The van der Waals surface area contributed by atoms with Crippen LogP contribution in [-0.2, 0) is 26.2 Å². The average Bonchev–Trinajstić information content (AvgIpc) is 3.31. The summed E-state index contributed by atoms with van der Waals surface area (Å²) in [6.45, 7) is 1.38. The van der Waals surface area contributed by atoms with Gasteiger partial charge in [-0.3, -0.25) is 9.59 Å². The number of likely N-dealkylation sites (N-methyl/N-ethyl adjacent to an activating group) is 1. The summed E-state index contributed by atoms with van der Waals surface area (Å²) in [4.78, 5) is 27.7. The van der Waals surface area contributed by atoms with Gasteiger partial charge in [-0.25, -0.2) is 8.42 Å². The molecule has 34 heavy (non-hydrogen) atoms. The molecule has 1 aliphatic rings. The largest absolute Gasteiger partial charge is 0.352 e. The third-order valence-corrected chi connectivity index (χ3v) is 8.34. The minimum atomic E-state index is -3.92. The highest BCUT2D eigenvalue weighted by atomic mass is 35.5. The highest BCUT2D eigenvalue weighted by molar-refractivity contribution is 7.89. The fraction of sp³-hybridized carbons (Fsp3) is 0.417. The van der Waals surface area contributed by atoms with Crippen molar-refractivity contribution < 1.29 is 18.0 Å². The van der Waals surface area contributed by atoms with Crippen LogP contribution in [0.3, 0.4) is 0 Å². The Morgan fingerprint density at radius 2 is 1.53 bits per heavy atom. The molecule has 1 saturated carbocycles. The lowest BCUT2D eigenvalue weighted by atomic mass is 10.1. The second-order valence-electron chi connectivity index (χ2n) is 8.53. The van der Waals surface area contributed by atoms with Gasteiger partial charge < -0.3 is 10.2 Å². The fourth-order valence-electron chi connectivity index (χ4n) is 3.91. The molecule has 1 atom stereocenters. The zero-order valence-corrected chi connectivity index (χ0v) is 21.5. The van der Waals surface area contributed by atoms with Gasteiger partial charge in [0.2, 0.25) is 21.8 Å². The third-order valence-electron chi connectivity index (χ3n) is 6.01. The van der Waals surface area contributed by atoms with E-state index < -0.39 is 28.5 Å². The van der Waals surface area contributed by atoms with E-state index in [4.69, 9.17) is 23.2 Å². The summed E-state index contributed by atoms with van der Waals surface area (Å²) in [6.07, 6.45) is 3.98. The molecule has 1 N–H and O–H groups in total. The number of rotatable bonds is 9. The second kappa shape index (κ2) is 11.5. The van der Waals surface area contributed by atoms with Gasteiger partial charge in [0.15, 0.2) is 0 Å². The van der Waals surface area contributed by atoms with Crippen molar-refractivity contribution >= 4 is 45.0 Å². The molecule has 10 heteroatoms. The van der Waals surface area contributed by atoms with Crippen molar-refractivity contribution in [1.29, 1.82) is 0 Å². The normalized spacial score (nSPS) is 15.3. The summed E-state index contributed by atoms with van der Waals surface area (Å²) < 4.78 is 26.9. The van der Waals surface area contributed by atoms with Crippen LogP contribution in [-0.4, -0.2) is 55.1 Å². The number of nitrogens with zero attached hydrogens (tertiary/aromatic N) is 2. The van der Waals surface area contributed by atoms with Crippen LogP contribution < -0.4 is 5.32 Å². The van der Waals surface area contributed by atoms with E-state index in [1.807, 2.05) is 0 Å². The zero-order chi connectivity index (χ0) is 24.9. The molecule has 7 nitrogen and oxygen atoms in total. The minimum absolute atomic E-state index is 0.0310. The van der Waals surface area contributed by atoms with Crippen LogP contribution in [0.4, 0.5) is 0 Å². The average molecular weight is 526 g/mol. The maximum Gasteiger partial charge on any atom is 0.243 e. The molecule has 2 aromatic rings. The first kappa shape index (κ1) is 26.5. The Balaban J connectivity index is 1.78. The number of benzene rings is 2. The smallest absolute Gasteiger partial charge is 0.243 e. The first-order chi connectivity index (χ1) is 16.1. The predicted octanol–water partition coefficient (Wildman–Crippen LogP) is 4.09. The minimum Gasteiger partial charge on any atom is -0.352 e. The Morgan fingerprint density at radius 3 is 2.09 bits per heavy atom. The molecule has 0 aromatic heterocycles. The van der Waals surface area contributed by atoms with E-state index in [1.54, 1.807) is 31.2 Å². The molecule has 0 spiro atoms. The molecule has 0 unspecified atom stereocenters. The van der Waals surface area contributed by atoms with Gasteiger partial charge in [-0.1, -0.05) is 48.2 Å². The van der Waals surface area contributed by atoms with Crippen molar-refractivity contribution in [2.24, 2.45) is 0 Å². The van der Waals surface area contributed by atoms with Gasteiger partial charge in [-0.15, -0.1) is 0 Å². The Bertz CT molecular complexity index is 1100. The van der Waals surface area contributed by atoms with E-state index in [9.17, 15) is 18.0 Å². The number of carbonyl (C=O) groups is 2. The lowest BCUT2D eigenvalue weighted by Gasteiger charge is -2.31. The van der Waals surface area contributed by atoms with Crippen LogP contribution in [0.1, 0.15) is 38.2 Å². The van der Waals surface area contributed by atoms with Crippen LogP contribution in [0.5, 0.6) is 0 Å². The summed E-state index contributed by atoms with van der Waals surface area (Å²) in [6, 6.07) is 12.0. The van der Waals surface area contributed by atoms with Crippen LogP contribution >= 0.6 is 23.2 Å². The third kappa shape index (κ3) is 6.72. The van der Waals surface area contributed by atoms with E-state index >= 15 is 0 Å². The second-order valence-corrected chi connectivity index (χ2v) is 11.4. The number of carbonyl (C=O) groups excluding carboxylic acids is 2. The van der Waals surface area contributed by atoms with Gasteiger partial charge in [0.1, 0.15) is 6.04 Å². The Kier molecular flexibility index (Phi) is 8.98. The van der Waals surface area contributed by atoms with Crippen LogP contribution in [0, 0.1) is 0 Å². The number of hydrogen-bond acceptors (Lipinski definition) is 4.